The maximum absolute atomic E-state index is 2.45. The minimum atomic E-state index is -0.704. The number of hydrogen-bond donors (Lipinski definition) is 0. The van der Waals surface area contributed by atoms with Crippen molar-refractivity contribution in [2.45, 2.75) is 27.7 Å². The summed E-state index contributed by atoms with van der Waals surface area (Å²) in [5.41, 5.74) is 0. The molecule has 60 valence electrons. The van der Waals surface area contributed by atoms with Gasteiger partial charge in [0.15, 0.2) is 0 Å². The predicted octanol–water partition coefficient (Wildman–Crippen LogP) is 3.41. The van der Waals surface area contributed by atoms with Gasteiger partial charge in [0.05, 0.1) is 0 Å². The molecular weight excluding hydrogens is 321 g/mol. The second-order valence-corrected chi connectivity index (χ2v) is 9.08. The summed E-state index contributed by atoms with van der Waals surface area (Å²) in [5, 5.41) is 0. The molecule has 0 aromatic rings. The van der Waals surface area contributed by atoms with Gasteiger partial charge in [-0.2, -0.15) is 0 Å². The van der Waals surface area contributed by atoms with Crippen molar-refractivity contribution in [1.82, 2.24) is 0 Å². The van der Waals surface area contributed by atoms with Crippen LogP contribution in [-0.4, -0.2) is 0 Å². The average molecular weight is 339 g/mol. The van der Waals surface area contributed by atoms with Gasteiger partial charge in [-0.05, 0) is 0 Å². The molecule has 0 N–H and O–H groups in total. The molecule has 0 aliphatic rings. The molecule has 11 heavy (non-hydrogen) atoms. The molecule has 0 aliphatic heterocycles. The summed E-state index contributed by atoms with van der Waals surface area (Å²) in [6.07, 6.45) is 4.68. The Morgan fingerprint density at radius 3 is 1.45 bits per heavy atom. The van der Waals surface area contributed by atoms with Crippen LogP contribution in [0.25, 0.3) is 0 Å². The minimum absolute atomic E-state index is 0.704. The fourth-order valence-electron chi connectivity index (χ4n) is 0.780. The predicted molar refractivity (Wildman–Crippen MR) is 48.0 cm³/mol. The molecule has 0 rings (SSSR count). The molecule has 0 saturated heterocycles. The van der Waals surface area contributed by atoms with E-state index >= 15 is 0 Å². The zero-order valence-corrected chi connectivity index (χ0v) is 13.7. The molecule has 0 aromatic heterocycles. The van der Waals surface area contributed by atoms with E-state index in [1.807, 2.05) is 0 Å². The summed E-state index contributed by atoms with van der Waals surface area (Å²) in [5.74, 6) is 1.48. The molecule has 0 atom stereocenters. The zero-order chi connectivity index (χ0) is 8.69. The van der Waals surface area contributed by atoms with E-state index in [0.717, 1.165) is 11.8 Å². The summed E-state index contributed by atoms with van der Waals surface area (Å²) in [6, 6.07) is 0. The van der Waals surface area contributed by atoms with Crippen LogP contribution >= 0.6 is 0 Å². The van der Waals surface area contributed by atoms with Crippen molar-refractivity contribution in [3.05, 3.63) is 19.3 Å². The van der Waals surface area contributed by atoms with Crippen LogP contribution in [0.5, 0.6) is 0 Å². The van der Waals surface area contributed by atoms with E-state index in [0.29, 0.717) is 0 Å². The van der Waals surface area contributed by atoms with E-state index in [9.17, 15) is 0 Å². The second kappa shape index (κ2) is 7.09. The molecule has 0 nitrogen and oxygen atoms in total. The quantitative estimate of drug-likeness (QED) is 0.689. The second-order valence-electron chi connectivity index (χ2n) is 3.58. The van der Waals surface area contributed by atoms with Crippen LogP contribution in [-0.2, 0) is 24.6 Å². The van der Waals surface area contributed by atoms with Crippen LogP contribution < -0.4 is 0 Å². The molecule has 0 amide bonds. The van der Waals surface area contributed by atoms with Gasteiger partial charge in [0.25, 0.3) is 0 Å². The van der Waals surface area contributed by atoms with Gasteiger partial charge in [0, 0.05) is 0 Å². The van der Waals surface area contributed by atoms with Crippen LogP contribution in [0, 0.1) is 11.8 Å². The van der Waals surface area contributed by atoms with Gasteiger partial charge in [-0.25, -0.2) is 0 Å². The van der Waals surface area contributed by atoms with Crippen LogP contribution in [0.2, 0.25) is 0 Å². The van der Waals surface area contributed by atoms with Gasteiger partial charge < -0.3 is 0 Å². The summed E-state index contributed by atoms with van der Waals surface area (Å²) < 4.78 is 4.90. The third-order valence-electron chi connectivity index (χ3n) is 1.31. The van der Waals surface area contributed by atoms with Crippen LogP contribution in [0.3, 0.4) is 0 Å². The van der Waals surface area contributed by atoms with E-state index in [1.54, 1.807) is 0 Å². The first-order chi connectivity index (χ1) is 5.13. The van der Waals surface area contributed by atoms with E-state index in [-0.39, 0.29) is 0 Å². The molecule has 0 radical (unpaired) electrons. The molecule has 0 aromatic carbocycles. The fraction of sp³-hybridized carbons (Fsp3) is 0.600. The molecule has 0 bridgehead atoms. The van der Waals surface area contributed by atoms with E-state index in [1.165, 1.54) is 0 Å². The van der Waals surface area contributed by atoms with Crippen molar-refractivity contribution in [2.75, 3.05) is 0 Å². The maximum atomic E-state index is 2.45. The van der Waals surface area contributed by atoms with E-state index < -0.39 is 24.6 Å². The first-order valence-corrected chi connectivity index (χ1v) is 10.8. The molecule has 0 saturated carbocycles. The number of allylic oxidation sites excluding steroid dienone is 2. The Balaban J connectivity index is 3.41. The van der Waals surface area contributed by atoms with Gasteiger partial charge in [-0.15, -0.1) is 0 Å². The molecule has 1 heteroatoms. The number of hydrogen-bond acceptors (Lipinski definition) is 0. The van der Waals surface area contributed by atoms with Crippen molar-refractivity contribution in [2.24, 2.45) is 11.8 Å². The van der Waals surface area contributed by atoms with Crippen molar-refractivity contribution < 1.29 is 24.6 Å². The SMILES string of the molecule is CC(C)/C=[CH]/[Hg]/[CH]=C/C(C)C. The summed E-state index contributed by atoms with van der Waals surface area (Å²) in [6.45, 7) is 8.93. The van der Waals surface area contributed by atoms with Crippen LogP contribution in [0.15, 0.2) is 19.3 Å². The number of rotatable bonds is 4. The van der Waals surface area contributed by atoms with Gasteiger partial charge >= 0.3 is 83.4 Å². The summed E-state index contributed by atoms with van der Waals surface area (Å²) in [4.78, 5) is 0. The molecule has 0 unspecified atom stereocenters. The zero-order valence-electron chi connectivity index (χ0n) is 8.17. The first-order valence-electron chi connectivity index (χ1n) is 4.46. The molecule has 0 fully saturated rings. The Hall–Kier alpha value is 0.415. The van der Waals surface area contributed by atoms with Crippen molar-refractivity contribution in [1.29, 1.82) is 0 Å². The monoisotopic (exact) mass is 340 g/mol. The topological polar surface area (TPSA) is 0 Å². The van der Waals surface area contributed by atoms with Crippen molar-refractivity contribution >= 4 is 0 Å². The Morgan fingerprint density at radius 2 is 1.18 bits per heavy atom. The molecular formula is C10H18Hg. The Bertz CT molecular complexity index is 116. The van der Waals surface area contributed by atoms with Gasteiger partial charge in [-0.1, -0.05) is 0 Å². The fourth-order valence-corrected chi connectivity index (χ4v) is 6.84. The first kappa shape index (κ1) is 11.4. The van der Waals surface area contributed by atoms with E-state index in [4.69, 9.17) is 0 Å². The Morgan fingerprint density at radius 1 is 0.818 bits per heavy atom. The van der Waals surface area contributed by atoms with Crippen LogP contribution in [0.4, 0.5) is 0 Å². The summed E-state index contributed by atoms with van der Waals surface area (Å²) >= 11 is -0.704. The Labute approximate surface area is 83.2 Å². The molecule has 0 heterocycles. The third-order valence-corrected chi connectivity index (χ3v) is 5.55. The van der Waals surface area contributed by atoms with Crippen LogP contribution in [0.1, 0.15) is 27.7 Å². The van der Waals surface area contributed by atoms with Crippen molar-refractivity contribution in [3.63, 3.8) is 0 Å². The summed E-state index contributed by atoms with van der Waals surface area (Å²) in [7, 11) is 0. The molecule has 0 spiro atoms. The van der Waals surface area contributed by atoms with Gasteiger partial charge in [0.2, 0.25) is 0 Å². The van der Waals surface area contributed by atoms with Crippen molar-refractivity contribution in [3.8, 4) is 0 Å². The molecule has 0 aliphatic carbocycles. The standard InChI is InChI=1S/2C5H9.Hg/c2*1-4-5(2)3;/h2*1,4-5H,2-3H3;. The third kappa shape index (κ3) is 10.4. The van der Waals surface area contributed by atoms with E-state index in [2.05, 4.69) is 47.0 Å². The average Bonchev–Trinajstić information content (AvgIpc) is 1.85. The van der Waals surface area contributed by atoms with Gasteiger partial charge in [-0.3, -0.25) is 0 Å². The normalized spacial score (nSPS) is 12.2. The van der Waals surface area contributed by atoms with Gasteiger partial charge in [0.1, 0.15) is 0 Å². The Kier molecular flexibility index (Phi) is 7.35.